The Morgan fingerprint density at radius 3 is 3.07 bits per heavy atom. The maximum Gasteiger partial charge on any atom is 0.322 e. The third-order valence-corrected chi connectivity index (χ3v) is 1.96. The van der Waals surface area contributed by atoms with Crippen molar-refractivity contribution in [3.05, 3.63) is 18.2 Å². The van der Waals surface area contributed by atoms with Crippen molar-refractivity contribution in [2.45, 2.75) is 25.9 Å². The minimum Gasteiger partial charge on any atom is -0.468 e. The Morgan fingerprint density at radius 2 is 2.57 bits per heavy atom. The molecule has 0 bridgehead atoms. The Balaban J connectivity index is 2.38. The van der Waals surface area contributed by atoms with Gasteiger partial charge in [-0.1, -0.05) is 6.92 Å². The van der Waals surface area contributed by atoms with Crippen molar-refractivity contribution in [1.29, 1.82) is 0 Å². The fourth-order valence-electron chi connectivity index (χ4n) is 1.15. The number of rotatable bonds is 5. The molecule has 0 aliphatic carbocycles. The minimum absolute atomic E-state index is 0.237. The predicted octanol–water partition coefficient (Wildman–Crippen LogP) is 0.451. The third-order valence-electron chi connectivity index (χ3n) is 1.96. The van der Waals surface area contributed by atoms with Crippen LogP contribution in [0.5, 0.6) is 0 Å². The van der Waals surface area contributed by atoms with Crippen LogP contribution in [0.4, 0.5) is 0 Å². The maximum absolute atomic E-state index is 11.2. The van der Waals surface area contributed by atoms with Gasteiger partial charge in [0.2, 0.25) is 0 Å². The number of imidazole rings is 1. The molecule has 1 unspecified atom stereocenters. The highest BCUT2D eigenvalue weighted by Crippen LogP contribution is 1.96. The van der Waals surface area contributed by atoms with Crippen molar-refractivity contribution in [3.8, 4) is 0 Å². The number of carbonyl (C=O) groups is 1. The molecule has 1 rings (SSSR count). The van der Waals surface area contributed by atoms with Gasteiger partial charge in [-0.15, -0.1) is 0 Å². The summed E-state index contributed by atoms with van der Waals surface area (Å²) in [5.74, 6) is 0.575. The zero-order chi connectivity index (χ0) is 10.4. The van der Waals surface area contributed by atoms with Gasteiger partial charge in [-0.05, 0) is 6.42 Å². The molecule has 1 aromatic heterocycles. The van der Waals surface area contributed by atoms with E-state index in [4.69, 9.17) is 0 Å². The number of nitrogens with zero attached hydrogens (tertiary/aromatic N) is 1. The lowest BCUT2D eigenvalue weighted by atomic mass is 10.2. The summed E-state index contributed by atoms with van der Waals surface area (Å²) in [6.45, 7) is 2.47. The van der Waals surface area contributed by atoms with Gasteiger partial charge in [-0.25, -0.2) is 4.98 Å². The molecule has 0 aliphatic heterocycles. The van der Waals surface area contributed by atoms with E-state index in [1.807, 2.05) is 6.92 Å². The van der Waals surface area contributed by atoms with Gasteiger partial charge in [0.15, 0.2) is 0 Å². The molecule has 1 heterocycles. The summed E-state index contributed by atoms with van der Waals surface area (Å²) in [6, 6.07) is -0.259. The van der Waals surface area contributed by atoms with Crippen molar-refractivity contribution < 1.29 is 9.53 Å². The Morgan fingerprint density at radius 1 is 1.79 bits per heavy atom. The van der Waals surface area contributed by atoms with Crippen LogP contribution in [-0.2, 0) is 16.1 Å². The van der Waals surface area contributed by atoms with Crippen molar-refractivity contribution in [2.24, 2.45) is 0 Å². The topological polar surface area (TPSA) is 67.0 Å². The molecule has 14 heavy (non-hydrogen) atoms. The molecule has 0 aromatic carbocycles. The fourth-order valence-corrected chi connectivity index (χ4v) is 1.15. The first-order valence-corrected chi connectivity index (χ1v) is 4.57. The van der Waals surface area contributed by atoms with Crippen molar-refractivity contribution >= 4 is 5.97 Å². The summed E-state index contributed by atoms with van der Waals surface area (Å²) in [5.41, 5.74) is 0. The molecule has 78 valence electrons. The molecule has 0 saturated heterocycles. The Hall–Kier alpha value is -1.36. The van der Waals surface area contributed by atoms with Crippen LogP contribution in [0, 0.1) is 0 Å². The molecular formula is C9H15N3O2. The van der Waals surface area contributed by atoms with Gasteiger partial charge >= 0.3 is 5.97 Å². The number of hydrogen-bond donors (Lipinski definition) is 2. The second kappa shape index (κ2) is 5.39. The number of H-pyrrole nitrogens is 1. The van der Waals surface area contributed by atoms with Gasteiger partial charge in [-0.3, -0.25) is 10.1 Å². The smallest absolute Gasteiger partial charge is 0.322 e. The SMILES string of the molecule is CCC(NCc1ncc[nH]1)C(=O)OC. The van der Waals surface area contributed by atoms with E-state index in [1.165, 1.54) is 7.11 Å². The summed E-state index contributed by atoms with van der Waals surface area (Å²) >= 11 is 0. The zero-order valence-electron chi connectivity index (χ0n) is 8.41. The quantitative estimate of drug-likeness (QED) is 0.672. The highest BCUT2D eigenvalue weighted by atomic mass is 16.5. The molecule has 5 nitrogen and oxygen atoms in total. The summed E-state index contributed by atoms with van der Waals surface area (Å²) in [5, 5.41) is 3.05. The normalized spacial score (nSPS) is 12.4. The second-order valence-corrected chi connectivity index (χ2v) is 2.90. The van der Waals surface area contributed by atoms with Crippen molar-refractivity contribution in [3.63, 3.8) is 0 Å². The molecule has 0 spiro atoms. The standard InChI is InChI=1S/C9H15N3O2/c1-3-7(9(13)14-2)12-6-8-10-4-5-11-8/h4-5,7,12H,3,6H2,1-2H3,(H,10,11). The average Bonchev–Trinajstić information content (AvgIpc) is 2.71. The number of aromatic amines is 1. The Bertz CT molecular complexity index is 272. The van der Waals surface area contributed by atoms with E-state index in [1.54, 1.807) is 12.4 Å². The second-order valence-electron chi connectivity index (χ2n) is 2.90. The molecule has 5 heteroatoms. The number of hydrogen-bond acceptors (Lipinski definition) is 4. The van der Waals surface area contributed by atoms with Crippen LogP contribution >= 0.6 is 0 Å². The predicted molar refractivity (Wildman–Crippen MR) is 51.5 cm³/mol. The minimum atomic E-state index is -0.259. The average molecular weight is 197 g/mol. The molecule has 2 N–H and O–H groups in total. The van der Waals surface area contributed by atoms with Crippen LogP contribution in [0.25, 0.3) is 0 Å². The fraction of sp³-hybridized carbons (Fsp3) is 0.556. The van der Waals surface area contributed by atoms with E-state index in [0.29, 0.717) is 13.0 Å². The summed E-state index contributed by atoms with van der Waals surface area (Å²) in [7, 11) is 1.39. The summed E-state index contributed by atoms with van der Waals surface area (Å²) in [6.07, 6.45) is 4.12. The molecule has 0 amide bonds. The van der Waals surface area contributed by atoms with Crippen LogP contribution in [0.1, 0.15) is 19.2 Å². The number of nitrogens with one attached hydrogen (secondary N) is 2. The molecule has 0 saturated carbocycles. The molecule has 0 radical (unpaired) electrons. The molecular weight excluding hydrogens is 182 g/mol. The molecule has 1 atom stereocenters. The van der Waals surface area contributed by atoms with Crippen LogP contribution in [0.2, 0.25) is 0 Å². The summed E-state index contributed by atoms with van der Waals surface area (Å²) < 4.78 is 4.64. The number of carbonyl (C=O) groups excluding carboxylic acids is 1. The van der Waals surface area contributed by atoms with E-state index >= 15 is 0 Å². The Kier molecular flexibility index (Phi) is 4.12. The first-order chi connectivity index (χ1) is 6.77. The first-order valence-electron chi connectivity index (χ1n) is 4.57. The monoisotopic (exact) mass is 197 g/mol. The number of esters is 1. The van der Waals surface area contributed by atoms with E-state index < -0.39 is 0 Å². The van der Waals surface area contributed by atoms with Gasteiger partial charge in [0.05, 0.1) is 13.7 Å². The van der Waals surface area contributed by atoms with Gasteiger partial charge in [-0.2, -0.15) is 0 Å². The maximum atomic E-state index is 11.2. The third kappa shape index (κ3) is 2.85. The van der Waals surface area contributed by atoms with E-state index in [-0.39, 0.29) is 12.0 Å². The largest absolute Gasteiger partial charge is 0.468 e. The zero-order valence-corrected chi connectivity index (χ0v) is 8.41. The van der Waals surface area contributed by atoms with E-state index in [9.17, 15) is 4.79 Å². The molecule has 0 aliphatic rings. The Labute approximate surface area is 82.9 Å². The van der Waals surface area contributed by atoms with Crippen LogP contribution in [-0.4, -0.2) is 29.1 Å². The summed E-state index contributed by atoms with van der Waals surface area (Å²) in [4.78, 5) is 18.2. The van der Waals surface area contributed by atoms with Gasteiger partial charge in [0.1, 0.15) is 11.9 Å². The lowest BCUT2D eigenvalue weighted by molar-refractivity contribution is -0.143. The highest BCUT2D eigenvalue weighted by molar-refractivity contribution is 5.75. The number of ether oxygens (including phenoxy) is 1. The number of aromatic nitrogens is 2. The van der Waals surface area contributed by atoms with Gasteiger partial charge in [0.25, 0.3) is 0 Å². The lowest BCUT2D eigenvalue weighted by Crippen LogP contribution is -2.36. The van der Waals surface area contributed by atoms with Crippen molar-refractivity contribution in [2.75, 3.05) is 7.11 Å². The van der Waals surface area contributed by atoms with Crippen LogP contribution in [0.3, 0.4) is 0 Å². The van der Waals surface area contributed by atoms with Crippen LogP contribution in [0.15, 0.2) is 12.4 Å². The van der Waals surface area contributed by atoms with Gasteiger partial charge < -0.3 is 9.72 Å². The van der Waals surface area contributed by atoms with E-state index in [0.717, 1.165) is 5.82 Å². The van der Waals surface area contributed by atoms with Crippen LogP contribution < -0.4 is 5.32 Å². The highest BCUT2D eigenvalue weighted by Gasteiger charge is 2.15. The first kappa shape index (κ1) is 10.7. The van der Waals surface area contributed by atoms with Gasteiger partial charge in [0, 0.05) is 12.4 Å². The van der Waals surface area contributed by atoms with E-state index in [2.05, 4.69) is 20.0 Å². The molecule has 0 fully saturated rings. The van der Waals surface area contributed by atoms with Crippen molar-refractivity contribution in [1.82, 2.24) is 15.3 Å². The number of methoxy groups -OCH3 is 1. The lowest BCUT2D eigenvalue weighted by Gasteiger charge is -2.12. The molecule has 1 aromatic rings.